The fraction of sp³-hybridized carbons (Fsp3) is 0.591. The van der Waals surface area contributed by atoms with Gasteiger partial charge in [-0.25, -0.2) is 9.79 Å². The summed E-state index contributed by atoms with van der Waals surface area (Å²) in [4.78, 5) is 32.3. The molecule has 1 aromatic carbocycles. The molecule has 2 amide bonds. The second-order valence-electron chi connectivity index (χ2n) is 8.78. The summed E-state index contributed by atoms with van der Waals surface area (Å²) in [5.41, 5.74) is 0.598. The van der Waals surface area contributed by atoms with Gasteiger partial charge < -0.3 is 25.2 Å². The lowest BCUT2D eigenvalue weighted by Crippen LogP contribution is -2.45. The van der Waals surface area contributed by atoms with E-state index >= 15 is 0 Å². The predicted octanol–water partition coefficient (Wildman–Crippen LogP) is 3.00. The van der Waals surface area contributed by atoms with Gasteiger partial charge in [-0.05, 0) is 39.7 Å². The molecule has 0 spiro atoms. The van der Waals surface area contributed by atoms with Gasteiger partial charge in [0.15, 0.2) is 5.96 Å². The maximum atomic E-state index is 12.1. The summed E-state index contributed by atoms with van der Waals surface area (Å²) in [5.74, 6) is 0.597. The molecule has 0 bridgehead atoms. The van der Waals surface area contributed by atoms with Crippen LogP contribution in [0.25, 0.3) is 0 Å². The Hall–Kier alpha value is -2.04. The summed E-state index contributed by atoms with van der Waals surface area (Å²) >= 11 is 0. The number of rotatable bonds is 5. The van der Waals surface area contributed by atoms with Gasteiger partial charge in [0.25, 0.3) is 0 Å². The number of alkyl carbamates (subject to hydrolysis) is 1. The van der Waals surface area contributed by atoms with E-state index in [1.54, 1.807) is 14.1 Å². The molecule has 31 heavy (non-hydrogen) atoms. The summed E-state index contributed by atoms with van der Waals surface area (Å²) in [7, 11) is 3.43. The van der Waals surface area contributed by atoms with Crippen LogP contribution in [0.1, 0.15) is 45.7 Å². The Balaban J connectivity index is 0.00000480. The molecule has 0 saturated carbocycles. The Labute approximate surface area is 202 Å². The highest BCUT2D eigenvalue weighted by atomic mass is 127. The second kappa shape index (κ2) is 12.1. The molecule has 1 heterocycles. The summed E-state index contributed by atoms with van der Waals surface area (Å²) in [5, 5.41) is 6.37. The van der Waals surface area contributed by atoms with Gasteiger partial charge in [-0.15, -0.1) is 24.0 Å². The van der Waals surface area contributed by atoms with Crippen molar-refractivity contribution in [3.8, 4) is 0 Å². The monoisotopic (exact) mass is 545 g/mol. The number of guanidine groups is 1. The van der Waals surface area contributed by atoms with Gasteiger partial charge in [-0.2, -0.15) is 0 Å². The number of halogens is 1. The first-order valence-corrected chi connectivity index (χ1v) is 10.4. The van der Waals surface area contributed by atoms with E-state index in [0.717, 1.165) is 18.5 Å². The smallest absolute Gasteiger partial charge is 0.407 e. The highest BCUT2D eigenvalue weighted by molar-refractivity contribution is 14.0. The van der Waals surface area contributed by atoms with E-state index in [4.69, 9.17) is 4.74 Å². The van der Waals surface area contributed by atoms with Crippen molar-refractivity contribution in [2.45, 2.75) is 51.8 Å². The minimum atomic E-state index is -0.534. The molecule has 1 aromatic rings. The Morgan fingerprint density at radius 1 is 1.26 bits per heavy atom. The number of hydrogen-bond donors (Lipinski definition) is 2. The molecule has 0 radical (unpaired) electrons. The lowest BCUT2D eigenvalue weighted by atomic mass is 10.1. The van der Waals surface area contributed by atoms with Crippen LogP contribution in [0, 0.1) is 0 Å². The standard InChI is InChI=1S/C22H35N5O3.HI/c1-16(17-10-8-7-9-11-17)24-20(23-14-19(28)26(5)6)27-13-12-18(15-27)25-21(29)30-22(2,3)4;/h7-11,16,18H,12-15H2,1-6H3,(H,23,24)(H,25,29);1H. The van der Waals surface area contributed by atoms with Crippen molar-refractivity contribution in [1.29, 1.82) is 0 Å². The predicted molar refractivity (Wildman–Crippen MR) is 134 cm³/mol. The van der Waals surface area contributed by atoms with Crippen molar-refractivity contribution in [2.75, 3.05) is 33.7 Å². The third kappa shape index (κ3) is 9.32. The fourth-order valence-electron chi connectivity index (χ4n) is 3.08. The molecule has 1 saturated heterocycles. The van der Waals surface area contributed by atoms with Gasteiger partial charge >= 0.3 is 6.09 Å². The summed E-state index contributed by atoms with van der Waals surface area (Å²) in [6.45, 7) is 8.98. The van der Waals surface area contributed by atoms with Crippen LogP contribution in [0.3, 0.4) is 0 Å². The first-order chi connectivity index (χ1) is 14.0. The number of nitrogens with zero attached hydrogens (tertiary/aromatic N) is 3. The number of carbonyl (C=O) groups is 2. The lowest BCUT2D eigenvalue weighted by Gasteiger charge is -2.26. The molecule has 0 aliphatic carbocycles. The van der Waals surface area contributed by atoms with Crippen molar-refractivity contribution < 1.29 is 14.3 Å². The molecule has 0 aromatic heterocycles. The lowest BCUT2D eigenvalue weighted by molar-refractivity contribution is -0.127. The van der Waals surface area contributed by atoms with E-state index in [9.17, 15) is 9.59 Å². The van der Waals surface area contributed by atoms with Gasteiger partial charge in [0.05, 0.1) is 12.1 Å². The summed E-state index contributed by atoms with van der Waals surface area (Å²) in [6.07, 6.45) is 0.364. The van der Waals surface area contributed by atoms with Crippen LogP contribution in [-0.4, -0.2) is 73.1 Å². The Kier molecular flexibility index (Phi) is 10.5. The first kappa shape index (κ1) is 27.0. The highest BCUT2D eigenvalue weighted by Crippen LogP contribution is 2.15. The average Bonchev–Trinajstić information content (AvgIpc) is 3.11. The third-order valence-corrected chi connectivity index (χ3v) is 4.72. The van der Waals surface area contributed by atoms with E-state index in [0.29, 0.717) is 12.5 Å². The Bertz CT molecular complexity index is 749. The molecule has 2 rings (SSSR count). The maximum Gasteiger partial charge on any atom is 0.407 e. The zero-order valence-corrected chi connectivity index (χ0v) is 21.7. The zero-order chi connectivity index (χ0) is 22.3. The number of likely N-dealkylation sites (tertiary alicyclic amines) is 1. The van der Waals surface area contributed by atoms with Crippen LogP contribution >= 0.6 is 24.0 Å². The normalized spacial score (nSPS) is 17.4. The molecule has 1 aliphatic heterocycles. The number of ether oxygens (including phenoxy) is 1. The van der Waals surface area contributed by atoms with Crippen molar-refractivity contribution in [1.82, 2.24) is 20.4 Å². The fourth-order valence-corrected chi connectivity index (χ4v) is 3.08. The number of amides is 2. The number of benzene rings is 1. The quantitative estimate of drug-likeness (QED) is 0.338. The summed E-state index contributed by atoms with van der Waals surface area (Å²) in [6, 6.07) is 10.1. The zero-order valence-electron chi connectivity index (χ0n) is 19.3. The van der Waals surface area contributed by atoms with Crippen molar-refractivity contribution >= 4 is 41.9 Å². The van der Waals surface area contributed by atoms with E-state index < -0.39 is 11.7 Å². The van der Waals surface area contributed by atoms with E-state index in [-0.39, 0.29) is 48.5 Å². The van der Waals surface area contributed by atoms with E-state index in [1.165, 1.54) is 4.90 Å². The second-order valence-corrected chi connectivity index (χ2v) is 8.78. The van der Waals surface area contributed by atoms with Gasteiger partial charge in [-0.1, -0.05) is 30.3 Å². The third-order valence-electron chi connectivity index (χ3n) is 4.72. The van der Waals surface area contributed by atoms with Gasteiger partial charge in [0.2, 0.25) is 5.91 Å². The molecule has 2 unspecified atom stereocenters. The van der Waals surface area contributed by atoms with Crippen molar-refractivity contribution in [3.63, 3.8) is 0 Å². The molecular weight excluding hydrogens is 509 g/mol. The van der Waals surface area contributed by atoms with Crippen LogP contribution in [0.4, 0.5) is 4.79 Å². The van der Waals surface area contributed by atoms with Crippen LogP contribution in [-0.2, 0) is 9.53 Å². The molecule has 1 aliphatic rings. The number of aliphatic imine (C=N–C) groups is 1. The molecule has 2 atom stereocenters. The molecule has 174 valence electrons. The average molecular weight is 545 g/mol. The van der Waals surface area contributed by atoms with Gasteiger partial charge in [0, 0.05) is 27.2 Å². The van der Waals surface area contributed by atoms with Crippen LogP contribution in [0.15, 0.2) is 35.3 Å². The van der Waals surface area contributed by atoms with E-state index in [1.807, 2.05) is 39.0 Å². The van der Waals surface area contributed by atoms with Crippen molar-refractivity contribution in [3.05, 3.63) is 35.9 Å². The highest BCUT2D eigenvalue weighted by Gasteiger charge is 2.28. The number of hydrogen-bond acceptors (Lipinski definition) is 4. The van der Waals surface area contributed by atoms with Crippen LogP contribution in [0.5, 0.6) is 0 Å². The van der Waals surface area contributed by atoms with Crippen LogP contribution < -0.4 is 10.6 Å². The molecule has 8 nitrogen and oxygen atoms in total. The minimum absolute atomic E-state index is 0. The minimum Gasteiger partial charge on any atom is -0.444 e. The Morgan fingerprint density at radius 2 is 1.90 bits per heavy atom. The largest absolute Gasteiger partial charge is 0.444 e. The van der Waals surface area contributed by atoms with Crippen LogP contribution in [0.2, 0.25) is 0 Å². The molecule has 2 N–H and O–H groups in total. The van der Waals surface area contributed by atoms with E-state index in [2.05, 4.69) is 39.6 Å². The van der Waals surface area contributed by atoms with Gasteiger partial charge in [0.1, 0.15) is 12.1 Å². The first-order valence-electron chi connectivity index (χ1n) is 10.4. The van der Waals surface area contributed by atoms with Gasteiger partial charge in [-0.3, -0.25) is 4.79 Å². The summed E-state index contributed by atoms with van der Waals surface area (Å²) < 4.78 is 5.36. The SMILES string of the molecule is CC(NC(=NCC(=O)N(C)C)N1CCC(NC(=O)OC(C)(C)C)C1)c1ccccc1.I. The topological polar surface area (TPSA) is 86.3 Å². The molecule has 1 fully saturated rings. The number of likely N-dealkylation sites (N-methyl/N-ethyl adjacent to an activating group) is 1. The van der Waals surface area contributed by atoms with Crippen molar-refractivity contribution in [2.24, 2.45) is 4.99 Å². The number of nitrogens with one attached hydrogen (secondary N) is 2. The molecule has 9 heteroatoms. The maximum absolute atomic E-state index is 12.1. The Morgan fingerprint density at radius 3 is 2.48 bits per heavy atom. The number of carbonyl (C=O) groups excluding carboxylic acids is 2. The molecular formula is C22H36IN5O3.